The number of thiophene rings is 1. The standard InChI is InChI=1S/C16H24N4S/c1-5-15-18-16-14(7-6-8-20(16)19-15)17-11(3)13-9-10(2)21-12(13)4/h9,11,14,17H,5-8H2,1-4H3/t11-,14+/m0/s1. The van der Waals surface area contributed by atoms with Crippen LogP contribution in [-0.4, -0.2) is 14.8 Å². The lowest BCUT2D eigenvalue weighted by Gasteiger charge is -2.26. The molecule has 1 N–H and O–H groups in total. The van der Waals surface area contributed by atoms with Gasteiger partial charge in [-0.25, -0.2) is 9.67 Å². The maximum Gasteiger partial charge on any atom is 0.150 e. The van der Waals surface area contributed by atoms with Gasteiger partial charge in [0, 0.05) is 28.8 Å². The number of hydrogen-bond donors (Lipinski definition) is 1. The first kappa shape index (κ1) is 14.7. The summed E-state index contributed by atoms with van der Waals surface area (Å²) >= 11 is 1.88. The van der Waals surface area contributed by atoms with Crippen LogP contribution in [0.1, 0.15) is 65.7 Å². The van der Waals surface area contributed by atoms with E-state index in [2.05, 4.69) is 48.9 Å². The van der Waals surface area contributed by atoms with Crippen molar-refractivity contribution in [3.8, 4) is 0 Å². The second-order valence-electron chi connectivity index (χ2n) is 5.91. The van der Waals surface area contributed by atoms with Gasteiger partial charge in [0.05, 0.1) is 6.04 Å². The Kier molecular flexibility index (Phi) is 4.13. The van der Waals surface area contributed by atoms with Gasteiger partial charge in [-0.3, -0.25) is 0 Å². The molecule has 2 aromatic rings. The van der Waals surface area contributed by atoms with Crippen LogP contribution < -0.4 is 5.32 Å². The zero-order valence-electron chi connectivity index (χ0n) is 13.3. The second kappa shape index (κ2) is 5.89. The molecule has 2 atom stereocenters. The predicted molar refractivity (Wildman–Crippen MR) is 86.7 cm³/mol. The molecule has 0 saturated carbocycles. The van der Waals surface area contributed by atoms with Gasteiger partial charge in [-0.05, 0) is 45.2 Å². The molecule has 0 bridgehead atoms. The maximum absolute atomic E-state index is 4.72. The van der Waals surface area contributed by atoms with Gasteiger partial charge in [-0.1, -0.05) is 6.92 Å². The van der Waals surface area contributed by atoms with E-state index in [0.29, 0.717) is 12.1 Å². The summed E-state index contributed by atoms with van der Waals surface area (Å²) in [5, 5.41) is 8.36. The average Bonchev–Trinajstić information content (AvgIpc) is 3.02. The van der Waals surface area contributed by atoms with Crippen molar-refractivity contribution in [3.05, 3.63) is 33.0 Å². The van der Waals surface area contributed by atoms with Crippen molar-refractivity contribution in [1.29, 1.82) is 0 Å². The largest absolute Gasteiger partial charge is 0.301 e. The molecule has 0 unspecified atom stereocenters. The van der Waals surface area contributed by atoms with Gasteiger partial charge in [0.2, 0.25) is 0 Å². The Morgan fingerprint density at radius 1 is 1.48 bits per heavy atom. The van der Waals surface area contributed by atoms with E-state index in [1.165, 1.54) is 21.7 Å². The molecular formula is C16H24N4S. The fourth-order valence-electron chi connectivity index (χ4n) is 3.18. The molecule has 114 valence electrons. The van der Waals surface area contributed by atoms with Crippen LogP contribution in [0.2, 0.25) is 0 Å². The summed E-state index contributed by atoms with van der Waals surface area (Å²) in [6.45, 7) is 9.77. The number of rotatable bonds is 4. The lowest BCUT2D eigenvalue weighted by atomic mass is 10.0. The molecule has 0 spiro atoms. The molecule has 3 rings (SSSR count). The van der Waals surface area contributed by atoms with Crippen molar-refractivity contribution < 1.29 is 0 Å². The van der Waals surface area contributed by atoms with Crippen LogP contribution in [0.4, 0.5) is 0 Å². The SMILES string of the molecule is CCc1nc2n(n1)CCC[C@H]2N[C@@H](C)c1cc(C)sc1C. The Balaban J connectivity index is 1.80. The van der Waals surface area contributed by atoms with Crippen molar-refractivity contribution >= 4 is 11.3 Å². The Labute approximate surface area is 130 Å². The normalized spacial score (nSPS) is 19.5. The lowest BCUT2D eigenvalue weighted by molar-refractivity contribution is 0.344. The summed E-state index contributed by atoms with van der Waals surface area (Å²) < 4.78 is 2.10. The van der Waals surface area contributed by atoms with Gasteiger partial charge in [0.1, 0.15) is 5.82 Å². The van der Waals surface area contributed by atoms with Crippen molar-refractivity contribution in [2.24, 2.45) is 0 Å². The Hall–Kier alpha value is -1.20. The van der Waals surface area contributed by atoms with Crippen LogP contribution >= 0.6 is 11.3 Å². The Morgan fingerprint density at radius 3 is 2.95 bits per heavy atom. The van der Waals surface area contributed by atoms with E-state index in [-0.39, 0.29) is 0 Å². The minimum atomic E-state index is 0.321. The molecule has 0 aliphatic carbocycles. The molecule has 4 nitrogen and oxygen atoms in total. The summed E-state index contributed by atoms with van der Waals surface area (Å²) in [6.07, 6.45) is 3.23. The third-order valence-electron chi connectivity index (χ3n) is 4.23. The number of aromatic nitrogens is 3. The Morgan fingerprint density at radius 2 is 2.29 bits per heavy atom. The zero-order valence-corrected chi connectivity index (χ0v) is 14.1. The fourth-order valence-corrected chi connectivity index (χ4v) is 4.20. The van der Waals surface area contributed by atoms with E-state index in [0.717, 1.165) is 31.0 Å². The molecule has 0 aromatic carbocycles. The molecule has 5 heteroatoms. The lowest BCUT2D eigenvalue weighted by Crippen LogP contribution is -2.30. The highest BCUT2D eigenvalue weighted by atomic mass is 32.1. The van der Waals surface area contributed by atoms with Crippen LogP contribution in [0, 0.1) is 13.8 Å². The van der Waals surface area contributed by atoms with E-state index in [4.69, 9.17) is 4.98 Å². The van der Waals surface area contributed by atoms with Gasteiger partial charge in [0.15, 0.2) is 5.82 Å². The summed E-state index contributed by atoms with van der Waals surface area (Å²) in [6, 6.07) is 2.98. The topological polar surface area (TPSA) is 42.7 Å². The van der Waals surface area contributed by atoms with Gasteiger partial charge < -0.3 is 5.32 Å². The van der Waals surface area contributed by atoms with Gasteiger partial charge >= 0.3 is 0 Å². The first-order valence-corrected chi connectivity index (χ1v) is 8.66. The fraction of sp³-hybridized carbons (Fsp3) is 0.625. The monoisotopic (exact) mass is 304 g/mol. The molecule has 1 aliphatic heterocycles. The molecule has 3 heterocycles. The van der Waals surface area contributed by atoms with Crippen molar-refractivity contribution in [2.75, 3.05) is 0 Å². The number of nitrogens with zero attached hydrogens (tertiary/aromatic N) is 3. The smallest absolute Gasteiger partial charge is 0.150 e. The second-order valence-corrected chi connectivity index (χ2v) is 7.38. The minimum absolute atomic E-state index is 0.321. The first-order valence-electron chi connectivity index (χ1n) is 7.85. The summed E-state index contributed by atoms with van der Waals surface area (Å²) in [5.41, 5.74) is 1.42. The molecule has 0 radical (unpaired) electrons. The highest BCUT2D eigenvalue weighted by Gasteiger charge is 2.26. The first-order chi connectivity index (χ1) is 10.1. The predicted octanol–water partition coefficient (Wildman–Crippen LogP) is 3.70. The highest BCUT2D eigenvalue weighted by Crippen LogP contribution is 2.30. The molecule has 1 aliphatic rings. The minimum Gasteiger partial charge on any atom is -0.301 e. The number of fused-ring (bicyclic) bond motifs is 1. The van der Waals surface area contributed by atoms with E-state index < -0.39 is 0 Å². The van der Waals surface area contributed by atoms with Crippen LogP contribution in [0.15, 0.2) is 6.07 Å². The van der Waals surface area contributed by atoms with Crippen LogP contribution in [0.5, 0.6) is 0 Å². The zero-order chi connectivity index (χ0) is 15.0. The molecule has 0 saturated heterocycles. The van der Waals surface area contributed by atoms with Crippen LogP contribution in [0.3, 0.4) is 0 Å². The van der Waals surface area contributed by atoms with Gasteiger partial charge in [-0.15, -0.1) is 11.3 Å². The van der Waals surface area contributed by atoms with Gasteiger partial charge in [-0.2, -0.15) is 5.10 Å². The number of nitrogens with one attached hydrogen (secondary N) is 1. The Bertz CT molecular complexity index is 628. The summed E-state index contributed by atoms with van der Waals surface area (Å²) in [7, 11) is 0. The third kappa shape index (κ3) is 2.90. The molecule has 0 fully saturated rings. The van der Waals surface area contributed by atoms with Crippen LogP contribution in [0.25, 0.3) is 0 Å². The van der Waals surface area contributed by atoms with Crippen LogP contribution in [-0.2, 0) is 13.0 Å². The number of hydrogen-bond acceptors (Lipinski definition) is 4. The van der Waals surface area contributed by atoms with E-state index >= 15 is 0 Å². The van der Waals surface area contributed by atoms with E-state index in [1.807, 2.05) is 11.3 Å². The molecular weight excluding hydrogens is 280 g/mol. The van der Waals surface area contributed by atoms with E-state index in [1.54, 1.807) is 0 Å². The molecule has 21 heavy (non-hydrogen) atoms. The maximum atomic E-state index is 4.72. The van der Waals surface area contributed by atoms with Crippen molar-refractivity contribution in [1.82, 2.24) is 20.1 Å². The highest BCUT2D eigenvalue weighted by molar-refractivity contribution is 7.12. The summed E-state index contributed by atoms with van der Waals surface area (Å²) in [5.74, 6) is 2.09. The molecule has 2 aromatic heterocycles. The quantitative estimate of drug-likeness (QED) is 0.936. The third-order valence-corrected chi connectivity index (χ3v) is 5.21. The summed E-state index contributed by atoms with van der Waals surface area (Å²) in [4.78, 5) is 7.52. The average molecular weight is 304 g/mol. The van der Waals surface area contributed by atoms with Crippen molar-refractivity contribution in [3.63, 3.8) is 0 Å². The molecule has 0 amide bonds. The van der Waals surface area contributed by atoms with Crippen molar-refractivity contribution in [2.45, 2.75) is 65.6 Å². The van der Waals surface area contributed by atoms with Gasteiger partial charge in [0.25, 0.3) is 0 Å². The number of aryl methyl sites for hydroxylation is 4. The van der Waals surface area contributed by atoms with E-state index in [9.17, 15) is 0 Å².